The predicted octanol–water partition coefficient (Wildman–Crippen LogP) is 2.68. The van der Waals surface area contributed by atoms with Gasteiger partial charge in [-0.3, -0.25) is 9.78 Å². The van der Waals surface area contributed by atoms with Crippen molar-refractivity contribution in [3.05, 3.63) is 66.5 Å². The maximum atomic E-state index is 12.0. The van der Waals surface area contributed by atoms with Gasteiger partial charge < -0.3 is 5.32 Å². The van der Waals surface area contributed by atoms with Crippen LogP contribution in [0, 0.1) is 6.07 Å². The van der Waals surface area contributed by atoms with Crippen LogP contribution >= 0.6 is 0 Å². The summed E-state index contributed by atoms with van der Waals surface area (Å²) in [6.07, 6.45) is 1.48. The van der Waals surface area contributed by atoms with Crippen LogP contribution in [0.4, 0.5) is 5.69 Å². The minimum Gasteiger partial charge on any atom is -0.321 e. The zero-order chi connectivity index (χ0) is 13.1. The van der Waals surface area contributed by atoms with Crippen LogP contribution in [-0.4, -0.2) is 15.9 Å². The number of rotatable bonds is 2. The van der Waals surface area contributed by atoms with Gasteiger partial charge in [-0.2, -0.15) is 0 Å². The Hall–Kier alpha value is -2.75. The van der Waals surface area contributed by atoms with Crippen LogP contribution in [0.15, 0.2) is 54.7 Å². The first-order chi connectivity index (χ1) is 9.33. The highest BCUT2D eigenvalue weighted by atomic mass is 16.1. The molecular weight excluding hydrogens is 238 g/mol. The molecule has 0 fully saturated rings. The normalized spacial score (nSPS) is 10.3. The molecule has 1 radical (unpaired) electrons. The summed E-state index contributed by atoms with van der Waals surface area (Å²) in [5, 5.41) is 2.75. The third-order valence-electron chi connectivity index (χ3n) is 2.65. The Labute approximate surface area is 110 Å². The van der Waals surface area contributed by atoms with Crippen LogP contribution in [0.3, 0.4) is 0 Å². The molecule has 4 nitrogen and oxygen atoms in total. The summed E-state index contributed by atoms with van der Waals surface area (Å²) >= 11 is 0. The van der Waals surface area contributed by atoms with E-state index in [1.165, 1.54) is 6.20 Å². The van der Waals surface area contributed by atoms with Gasteiger partial charge in [0.2, 0.25) is 0 Å². The van der Waals surface area contributed by atoms with E-state index in [1.807, 2.05) is 30.3 Å². The number of aromatic nitrogens is 2. The van der Waals surface area contributed by atoms with E-state index in [2.05, 4.69) is 21.4 Å². The molecule has 1 amide bonds. The van der Waals surface area contributed by atoms with E-state index in [0.717, 1.165) is 5.52 Å². The molecule has 19 heavy (non-hydrogen) atoms. The largest absolute Gasteiger partial charge is 0.321 e. The summed E-state index contributed by atoms with van der Waals surface area (Å²) in [6.45, 7) is 0. The second kappa shape index (κ2) is 4.86. The van der Waals surface area contributed by atoms with Gasteiger partial charge in [0.25, 0.3) is 5.91 Å². The second-order valence-corrected chi connectivity index (χ2v) is 3.99. The summed E-state index contributed by atoms with van der Waals surface area (Å²) in [5.41, 5.74) is 2.45. The molecule has 0 bridgehead atoms. The molecular formula is C15H10N3O. The lowest BCUT2D eigenvalue weighted by atomic mass is 10.3. The zero-order valence-electron chi connectivity index (χ0n) is 10.00. The third-order valence-corrected chi connectivity index (χ3v) is 2.65. The Balaban J connectivity index is 1.89. The minimum atomic E-state index is -0.280. The van der Waals surface area contributed by atoms with Gasteiger partial charge in [-0.15, -0.1) is 0 Å². The first-order valence-corrected chi connectivity index (χ1v) is 5.82. The van der Waals surface area contributed by atoms with Gasteiger partial charge >= 0.3 is 0 Å². The van der Waals surface area contributed by atoms with E-state index in [-0.39, 0.29) is 5.91 Å². The maximum absolute atomic E-state index is 12.0. The van der Waals surface area contributed by atoms with E-state index in [0.29, 0.717) is 16.9 Å². The zero-order valence-corrected chi connectivity index (χ0v) is 10.00. The molecule has 0 aliphatic heterocycles. The number of carbonyl (C=O) groups excluding carboxylic acids is 1. The standard InChI is InChI=1S/C15H10N3O/c19-15(17-11-6-2-1-3-7-11)14-10-16-12-8-4-5-9-13(12)18-14/h1-2,4-10H,(H,17,19). The molecule has 0 saturated heterocycles. The van der Waals surface area contributed by atoms with Crippen molar-refractivity contribution in [1.29, 1.82) is 0 Å². The van der Waals surface area contributed by atoms with E-state index < -0.39 is 0 Å². The van der Waals surface area contributed by atoms with Crippen molar-refractivity contribution in [1.82, 2.24) is 9.97 Å². The van der Waals surface area contributed by atoms with Gasteiger partial charge in [0.05, 0.1) is 17.2 Å². The lowest BCUT2D eigenvalue weighted by Gasteiger charge is -2.04. The average Bonchev–Trinajstić information content (AvgIpc) is 2.48. The Morgan fingerprint density at radius 3 is 2.74 bits per heavy atom. The average molecular weight is 248 g/mol. The van der Waals surface area contributed by atoms with Crippen molar-refractivity contribution < 1.29 is 4.79 Å². The van der Waals surface area contributed by atoms with Crippen LogP contribution in [0.5, 0.6) is 0 Å². The lowest BCUT2D eigenvalue weighted by Crippen LogP contribution is -2.14. The maximum Gasteiger partial charge on any atom is 0.275 e. The van der Waals surface area contributed by atoms with Gasteiger partial charge in [0.15, 0.2) is 0 Å². The van der Waals surface area contributed by atoms with Gasteiger partial charge in [-0.05, 0) is 30.3 Å². The topological polar surface area (TPSA) is 54.9 Å². The number of para-hydroxylation sites is 2. The van der Waals surface area contributed by atoms with Gasteiger partial charge in [0.1, 0.15) is 5.69 Å². The summed E-state index contributed by atoms with van der Waals surface area (Å²) in [7, 11) is 0. The van der Waals surface area contributed by atoms with Gasteiger partial charge in [-0.1, -0.05) is 24.3 Å². The molecule has 2 aromatic carbocycles. The number of anilines is 1. The van der Waals surface area contributed by atoms with Crippen LogP contribution < -0.4 is 5.32 Å². The van der Waals surface area contributed by atoms with Gasteiger partial charge in [0, 0.05) is 5.69 Å². The number of hydrogen-bond acceptors (Lipinski definition) is 3. The van der Waals surface area contributed by atoms with E-state index >= 15 is 0 Å². The summed E-state index contributed by atoms with van der Waals surface area (Å²) < 4.78 is 0. The number of hydrogen-bond donors (Lipinski definition) is 1. The Morgan fingerprint density at radius 1 is 1.11 bits per heavy atom. The number of nitrogens with one attached hydrogen (secondary N) is 1. The summed E-state index contributed by atoms with van der Waals surface area (Å²) in [5.74, 6) is -0.280. The molecule has 1 aromatic heterocycles. The monoisotopic (exact) mass is 248 g/mol. The minimum absolute atomic E-state index is 0.280. The SMILES string of the molecule is O=C(Nc1c[c]ccc1)c1cnc2ccccc2n1. The number of fused-ring (bicyclic) bond motifs is 1. The highest BCUT2D eigenvalue weighted by Gasteiger charge is 2.09. The molecule has 1 heterocycles. The van der Waals surface area contributed by atoms with Crippen molar-refractivity contribution in [2.45, 2.75) is 0 Å². The quantitative estimate of drug-likeness (QED) is 0.758. The summed E-state index contributed by atoms with van der Waals surface area (Å²) in [6, 6.07) is 17.4. The van der Waals surface area contributed by atoms with Crippen molar-refractivity contribution in [3.8, 4) is 0 Å². The smallest absolute Gasteiger partial charge is 0.275 e. The van der Waals surface area contributed by atoms with Crippen molar-refractivity contribution in [2.24, 2.45) is 0 Å². The third kappa shape index (κ3) is 2.42. The molecule has 0 atom stereocenters. The number of amides is 1. The number of carbonyl (C=O) groups is 1. The number of nitrogens with zero attached hydrogens (tertiary/aromatic N) is 2. The van der Waals surface area contributed by atoms with Crippen LogP contribution in [0.25, 0.3) is 11.0 Å². The summed E-state index contributed by atoms with van der Waals surface area (Å²) in [4.78, 5) is 20.5. The molecule has 3 aromatic rings. The van der Waals surface area contributed by atoms with Crippen LogP contribution in [0.2, 0.25) is 0 Å². The van der Waals surface area contributed by atoms with Crippen LogP contribution in [0.1, 0.15) is 10.5 Å². The van der Waals surface area contributed by atoms with E-state index in [1.54, 1.807) is 18.2 Å². The Kier molecular flexibility index (Phi) is 2.90. The van der Waals surface area contributed by atoms with E-state index in [4.69, 9.17) is 0 Å². The first-order valence-electron chi connectivity index (χ1n) is 5.82. The Bertz CT molecular complexity index is 726. The molecule has 0 aliphatic carbocycles. The lowest BCUT2D eigenvalue weighted by molar-refractivity contribution is 0.102. The molecule has 1 N–H and O–H groups in total. The van der Waals surface area contributed by atoms with Crippen LogP contribution in [-0.2, 0) is 0 Å². The van der Waals surface area contributed by atoms with Crippen molar-refractivity contribution >= 4 is 22.6 Å². The molecule has 0 saturated carbocycles. The van der Waals surface area contributed by atoms with Crippen molar-refractivity contribution in [3.63, 3.8) is 0 Å². The predicted molar refractivity (Wildman–Crippen MR) is 72.8 cm³/mol. The fourth-order valence-corrected chi connectivity index (χ4v) is 1.73. The van der Waals surface area contributed by atoms with Gasteiger partial charge in [-0.25, -0.2) is 4.98 Å². The van der Waals surface area contributed by atoms with E-state index in [9.17, 15) is 4.79 Å². The Morgan fingerprint density at radius 2 is 1.95 bits per heavy atom. The molecule has 0 aliphatic rings. The first kappa shape index (κ1) is 11.3. The number of benzene rings is 2. The molecule has 3 rings (SSSR count). The fraction of sp³-hybridized carbons (Fsp3) is 0. The molecule has 0 spiro atoms. The second-order valence-electron chi connectivity index (χ2n) is 3.99. The highest BCUT2D eigenvalue weighted by molar-refractivity contribution is 6.03. The fourth-order valence-electron chi connectivity index (χ4n) is 1.73. The highest BCUT2D eigenvalue weighted by Crippen LogP contribution is 2.10. The van der Waals surface area contributed by atoms with Crippen molar-refractivity contribution in [2.75, 3.05) is 5.32 Å². The molecule has 91 valence electrons. The molecule has 0 unspecified atom stereocenters. The molecule has 4 heteroatoms.